The van der Waals surface area contributed by atoms with Gasteiger partial charge in [0.05, 0.1) is 5.25 Å². The molecule has 0 bridgehead atoms. The third kappa shape index (κ3) is 7.58. The first-order valence-corrected chi connectivity index (χ1v) is 13.7. The summed E-state index contributed by atoms with van der Waals surface area (Å²) in [6.45, 7) is 1.02. The van der Waals surface area contributed by atoms with Crippen molar-refractivity contribution < 1.29 is 28.8 Å². The highest BCUT2D eigenvalue weighted by molar-refractivity contribution is 8.00. The van der Waals surface area contributed by atoms with E-state index in [0.29, 0.717) is 45.2 Å². The van der Waals surface area contributed by atoms with Crippen molar-refractivity contribution >= 4 is 47.3 Å². The number of amides is 7. The number of urea groups is 1. The van der Waals surface area contributed by atoms with Gasteiger partial charge in [-0.2, -0.15) is 11.8 Å². The Morgan fingerprint density at radius 1 is 1.06 bits per heavy atom. The van der Waals surface area contributed by atoms with E-state index in [9.17, 15) is 28.8 Å². The van der Waals surface area contributed by atoms with Crippen LogP contribution in [0.25, 0.3) is 0 Å². The maximum Gasteiger partial charge on any atom is 0.312 e. The van der Waals surface area contributed by atoms with Gasteiger partial charge in [-0.3, -0.25) is 28.9 Å². The molecule has 1 saturated carbocycles. The van der Waals surface area contributed by atoms with Gasteiger partial charge < -0.3 is 27.0 Å². The molecule has 2 aliphatic rings. The standard InChI is InChI=1S/C23H38N6O6S/c1-25-18(31)15(8-6-12-27-22(24)35)28-21(34)23(9-7-10-23)20(33)26-11-4-3-5-13-29-17(30)14-16(36-2)19(29)32/h15-16H,3-14H2,1-2H3,(H,25,31)(H,26,33)(H,28,34)(H3,24,27,35). The van der Waals surface area contributed by atoms with Crippen LogP contribution in [0.3, 0.4) is 0 Å². The minimum absolute atomic E-state index is 0.127. The zero-order valence-corrected chi connectivity index (χ0v) is 21.8. The van der Waals surface area contributed by atoms with Gasteiger partial charge in [-0.1, -0.05) is 6.42 Å². The lowest BCUT2D eigenvalue weighted by Gasteiger charge is -2.39. The molecule has 13 heteroatoms. The summed E-state index contributed by atoms with van der Waals surface area (Å²) in [7, 11) is 1.46. The number of thioether (sulfide) groups is 1. The zero-order chi connectivity index (χ0) is 26.7. The van der Waals surface area contributed by atoms with Crippen LogP contribution in [0.2, 0.25) is 0 Å². The van der Waals surface area contributed by atoms with Crippen LogP contribution in [0.15, 0.2) is 0 Å². The van der Waals surface area contributed by atoms with Crippen molar-refractivity contribution in [3.05, 3.63) is 0 Å². The molecule has 6 N–H and O–H groups in total. The summed E-state index contributed by atoms with van der Waals surface area (Å²) >= 11 is 1.39. The Morgan fingerprint density at radius 2 is 1.75 bits per heavy atom. The molecule has 1 heterocycles. The second kappa shape index (κ2) is 14.0. The van der Waals surface area contributed by atoms with Crippen LogP contribution in [0.5, 0.6) is 0 Å². The zero-order valence-electron chi connectivity index (χ0n) is 21.0. The molecule has 0 aromatic rings. The number of nitrogens with one attached hydrogen (secondary N) is 4. The van der Waals surface area contributed by atoms with Crippen molar-refractivity contribution in [1.29, 1.82) is 0 Å². The van der Waals surface area contributed by atoms with E-state index in [1.807, 2.05) is 6.26 Å². The predicted octanol–water partition coefficient (Wildman–Crippen LogP) is -0.387. The Balaban J connectivity index is 1.77. The molecule has 12 nitrogen and oxygen atoms in total. The summed E-state index contributed by atoms with van der Waals surface area (Å²) in [6, 6.07) is -1.49. The number of carbonyl (C=O) groups is 6. The van der Waals surface area contributed by atoms with E-state index in [1.54, 1.807) is 0 Å². The van der Waals surface area contributed by atoms with Crippen molar-refractivity contribution in [3.8, 4) is 0 Å². The molecular formula is C23H38N6O6S. The molecule has 7 amide bonds. The molecule has 0 radical (unpaired) electrons. The van der Waals surface area contributed by atoms with Crippen molar-refractivity contribution in [2.75, 3.05) is 32.9 Å². The summed E-state index contributed by atoms with van der Waals surface area (Å²) in [4.78, 5) is 74.4. The number of likely N-dealkylation sites (N-methyl/N-ethyl adjacent to an activating group) is 1. The molecule has 2 fully saturated rings. The van der Waals surface area contributed by atoms with Crippen molar-refractivity contribution in [1.82, 2.24) is 26.2 Å². The van der Waals surface area contributed by atoms with Crippen LogP contribution >= 0.6 is 11.8 Å². The number of unbranched alkanes of at least 4 members (excludes halogenated alkanes) is 2. The topological polar surface area (TPSA) is 180 Å². The highest BCUT2D eigenvalue weighted by Gasteiger charge is 2.51. The number of likely N-dealkylation sites (tertiary alicyclic amines) is 1. The van der Waals surface area contributed by atoms with Crippen molar-refractivity contribution in [3.63, 3.8) is 0 Å². The van der Waals surface area contributed by atoms with E-state index in [0.717, 1.165) is 12.8 Å². The number of rotatable bonds is 15. The largest absolute Gasteiger partial charge is 0.357 e. The van der Waals surface area contributed by atoms with Crippen LogP contribution in [0, 0.1) is 5.41 Å². The van der Waals surface area contributed by atoms with Gasteiger partial charge in [0.1, 0.15) is 11.5 Å². The first-order valence-electron chi connectivity index (χ1n) is 12.4. The van der Waals surface area contributed by atoms with Crippen molar-refractivity contribution in [2.45, 2.75) is 69.1 Å². The van der Waals surface area contributed by atoms with Gasteiger partial charge in [0.2, 0.25) is 29.5 Å². The molecule has 0 spiro atoms. The van der Waals surface area contributed by atoms with Crippen LogP contribution in [0.1, 0.15) is 57.8 Å². The summed E-state index contributed by atoms with van der Waals surface area (Å²) in [5.74, 6) is -1.47. The fourth-order valence-electron chi connectivity index (χ4n) is 4.36. The number of primary amides is 1. The molecule has 0 aromatic carbocycles. The smallest absolute Gasteiger partial charge is 0.312 e. The maximum absolute atomic E-state index is 13.0. The Labute approximate surface area is 215 Å². The number of hydrogen-bond acceptors (Lipinski definition) is 7. The van der Waals surface area contributed by atoms with Gasteiger partial charge >= 0.3 is 6.03 Å². The van der Waals surface area contributed by atoms with Gasteiger partial charge in [0.25, 0.3) is 0 Å². The fourth-order valence-corrected chi connectivity index (χ4v) is 5.00. The predicted molar refractivity (Wildman–Crippen MR) is 135 cm³/mol. The van der Waals surface area contributed by atoms with Crippen LogP contribution in [-0.4, -0.2) is 84.7 Å². The van der Waals surface area contributed by atoms with E-state index in [1.165, 1.54) is 23.7 Å². The second-order valence-electron chi connectivity index (χ2n) is 9.14. The fraction of sp³-hybridized carbons (Fsp3) is 0.739. The lowest BCUT2D eigenvalue weighted by atomic mass is 9.67. The molecule has 2 rings (SSSR count). The molecule has 2 unspecified atom stereocenters. The Morgan fingerprint density at radius 3 is 2.31 bits per heavy atom. The Bertz CT molecular complexity index is 849. The molecule has 202 valence electrons. The van der Waals surface area contributed by atoms with Gasteiger partial charge in [0, 0.05) is 33.1 Å². The summed E-state index contributed by atoms with van der Waals surface area (Å²) in [6.07, 6.45) is 6.36. The SMILES string of the molecule is CNC(=O)C(CCCNC(N)=O)NC(=O)C1(C(=O)NCCCCCN2C(=O)CC(SC)C2=O)CCC1. The highest BCUT2D eigenvalue weighted by Crippen LogP contribution is 2.41. The normalized spacial score (nSPS) is 19.3. The van der Waals surface area contributed by atoms with Crippen molar-refractivity contribution in [2.24, 2.45) is 11.1 Å². The van der Waals surface area contributed by atoms with Crippen LogP contribution in [-0.2, 0) is 24.0 Å². The molecule has 36 heavy (non-hydrogen) atoms. The third-order valence-electron chi connectivity index (χ3n) is 6.74. The number of nitrogens with two attached hydrogens (primary N) is 1. The Kier molecular flexibility index (Phi) is 11.5. The van der Waals surface area contributed by atoms with E-state index in [-0.39, 0.29) is 48.3 Å². The number of imide groups is 1. The Hall–Kier alpha value is -2.83. The molecule has 0 aromatic heterocycles. The first-order chi connectivity index (χ1) is 17.2. The summed E-state index contributed by atoms with van der Waals surface area (Å²) in [5.41, 5.74) is 3.84. The summed E-state index contributed by atoms with van der Waals surface area (Å²) < 4.78 is 0. The monoisotopic (exact) mass is 526 g/mol. The van der Waals surface area contributed by atoms with E-state index >= 15 is 0 Å². The molecule has 2 atom stereocenters. The lowest BCUT2D eigenvalue weighted by molar-refractivity contribution is -0.151. The van der Waals surface area contributed by atoms with Gasteiger partial charge in [-0.15, -0.1) is 0 Å². The van der Waals surface area contributed by atoms with E-state index in [4.69, 9.17) is 5.73 Å². The number of carbonyl (C=O) groups excluding carboxylic acids is 6. The minimum Gasteiger partial charge on any atom is -0.357 e. The maximum atomic E-state index is 13.0. The second-order valence-corrected chi connectivity index (χ2v) is 10.2. The third-order valence-corrected chi connectivity index (χ3v) is 7.68. The van der Waals surface area contributed by atoms with Crippen LogP contribution < -0.4 is 27.0 Å². The quantitative estimate of drug-likeness (QED) is 0.109. The van der Waals surface area contributed by atoms with Gasteiger partial charge in [-0.25, -0.2) is 4.79 Å². The molecule has 1 aliphatic heterocycles. The average molecular weight is 527 g/mol. The lowest BCUT2D eigenvalue weighted by Crippen LogP contribution is -2.59. The minimum atomic E-state index is -1.20. The average Bonchev–Trinajstić information content (AvgIpc) is 3.09. The highest BCUT2D eigenvalue weighted by atomic mass is 32.2. The molecule has 1 saturated heterocycles. The first kappa shape index (κ1) is 29.4. The van der Waals surface area contributed by atoms with Gasteiger partial charge in [0.15, 0.2) is 0 Å². The van der Waals surface area contributed by atoms with E-state index < -0.39 is 23.4 Å². The summed E-state index contributed by atoms with van der Waals surface area (Å²) in [5, 5.41) is 10.2. The number of nitrogens with zero attached hydrogens (tertiary/aromatic N) is 1. The number of hydrogen-bond donors (Lipinski definition) is 5. The molecule has 1 aliphatic carbocycles. The van der Waals surface area contributed by atoms with Crippen LogP contribution in [0.4, 0.5) is 4.79 Å². The van der Waals surface area contributed by atoms with E-state index in [2.05, 4.69) is 21.3 Å². The van der Waals surface area contributed by atoms with Gasteiger partial charge in [-0.05, 0) is 51.2 Å². The molecular weight excluding hydrogens is 488 g/mol.